The molecule has 0 N–H and O–H groups in total. The van der Waals surface area contributed by atoms with Crippen LogP contribution in [0.1, 0.15) is 41.7 Å². The number of nitrogens with zero attached hydrogens (tertiary/aromatic N) is 3. The summed E-state index contributed by atoms with van der Waals surface area (Å²) in [5.74, 6) is 1.87. The SMILES string of the molecule is Cc1cccc(CCSc2nc(N3CCOCC3)c3c(c2C#N)CC(C)(C)OC3)c1. The number of hydrogen-bond acceptors (Lipinski definition) is 6. The van der Waals surface area contributed by atoms with E-state index in [1.165, 1.54) is 11.1 Å². The monoisotopic (exact) mass is 423 g/mol. The van der Waals surface area contributed by atoms with Crippen molar-refractivity contribution in [1.82, 2.24) is 4.98 Å². The van der Waals surface area contributed by atoms with Gasteiger partial charge in [0.15, 0.2) is 0 Å². The molecule has 2 aliphatic heterocycles. The van der Waals surface area contributed by atoms with E-state index in [9.17, 15) is 5.26 Å². The van der Waals surface area contributed by atoms with E-state index in [4.69, 9.17) is 14.5 Å². The van der Waals surface area contributed by atoms with Gasteiger partial charge in [-0.1, -0.05) is 29.8 Å². The van der Waals surface area contributed by atoms with E-state index in [2.05, 4.69) is 56.0 Å². The summed E-state index contributed by atoms with van der Waals surface area (Å²) >= 11 is 1.69. The molecule has 30 heavy (non-hydrogen) atoms. The van der Waals surface area contributed by atoms with Gasteiger partial charge in [-0.3, -0.25) is 0 Å². The van der Waals surface area contributed by atoms with Crippen LogP contribution < -0.4 is 4.90 Å². The molecule has 1 fully saturated rings. The first-order valence-electron chi connectivity index (χ1n) is 10.6. The first-order valence-corrected chi connectivity index (χ1v) is 11.6. The number of anilines is 1. The second-order valence-corrected chi connectivity index (χ2v) is 9.68. The van der Waals surface area contributed by atoms with Gasteiger partial charge in [0.05, 0.1) is 31.0 Å². The minimum atomic E-state index is -0.272. The molecule has 3 heterocycles. The molecule has 1 saturated heterocycles. The van der Waals surface area contributed by atoms with Crippen LogP contribution in [0.3, 0.4) is 0 Å². The lowest BCUT2D eigenvalue weighted by atomic mass is 9.89. The van der Waals surface area contributed by atoms with Crippen LogP contribution in [0.5, 0.6) is 0 Å². The van der Waals surface area contributed by atoms with Crippen LogP contribution in [0.15, 0.2) is 29.3 Å². The number of morpholine rings is 1. The lowest BCUT2D eigenvalue weighted by Crippen LogP contribution is -2.39. The van der Waals surface area contributed by atoms with Crippen LogP contribution in [0.2, 0.25) is 0 Å². The molecule has 0 spiro atoms. The molecule has 0 aliphatic carbocycles. The molecule has 0 atom stereocenters. The van der Waals surface area contributed by atoms with Crippen molar-refractivity contribution in [3.8, 4) is 6.07 Å². The Morgan fingerprint density at radius 2 is 2.03 bits per heavy atom. The fourth-order valence-corrected chi connectivity index (χ4v) is 5.11. The number of rotatable bonds is 5. The van der Waals surface area contributed by atoms with E-state index in [-0.39, 0.29) is 5.60 Å². The highest BCUT2D eigenvalue weighted by Gasteiger charge is 2.33. The van der Waals surface area contributed by atoms with Gasteiger partial charge in [0, 0.05) is 30.8 Å². The highest BCUT2D eigenvalue weighted by atomic mass is 32.2. The molecule has 1 aromatic heterocycles. The maximum Gasteiger partial charge on any atom is 0.135 e. The molecule has 0 unspecified atom stereocenters. The molecule has 0 amide bonds. The van der Waals surface area contributed by atoms with E-state index >= 15 is 0 Å². The number of benzene rings is 1. The average molecular weight is 424 g/mol. The Labute approximate surface area is 183 Å². The molecule has 4 rings (SSSR count). The van der Waals surface area contributed by atoms with Crippen molar-refractivity contribution >= 4 is 17.6 Å². The summed E-state index contributed by atoms with van der Waals surface area (Å²) in [4.78, 5) is 7.30. The number of aromatic nitrogens is 1. The van der Waals surface area contributed by atoms with Crippen molar-refractivity contribution in [2.45, 2.75) is 50.8 Å². The molecule has 0 saturated carbocycles. The zero-order valence-corrected chi connectivity index (χ0v) is 18.8. The standard InChI is InChI=1S/C24H29N3O2S/c1-17-5-4-6-18(13-17)7-12-30-23-20(15-25)19-14-24(2,3)29-16-21(19)22(26-23)27-8-10-28-11-9-27/h4-6,13H,7-12,14,16H2,1-3H3. The molecule has 2 aliphatic rings. The fourth-order valence-electron chi connectivity index (χ4n) is 4.12. The Bertz CT molecular complexity index is 962. The predicted octanol–water partition coefficient (Wildman–Crippen LogP) is 4.28. The van der Waals surface area contributed by atoms with Gasteiger partial charge in [0.1, 0.15) is 16.9 Å². The molecule has 5 nitrogen and oxygen atoms in total. The van der Waals surface area contributed by atoms with Crippen LogP contribution in [-0.4, -0.2) is 42.6 Å². The highest BCUT2D eigenvalue weighted by molar-refractivity contribution is 7.99. The molecule has 0 radical (unpaired) electrons. The second-order valence-electron chi connectivity index (χ2n) is 8.60. The van der Waals surface area contributed by atoms with Crippen molar-refractivity contribution in [1.29, 1.82) is 5.26 Å². The van der Waals surface area contributed by atoms with Gasteiger partial charge in [-0.25, -0.2) is 4.98 Å². The van der Waals surface area contributed by atoms with Crippen molar-refractivity contribution in [2.24, 2.45) is 0 Å². The molecule has 0 bridgehead atoms. The predicted molar refractivity (Wildman–Crippen MR) is 120 cm³/mol. The first-order chi connectivity index (χ1) is 14.5. The number of hydrogen-bond donors (Lipinski definition) is 0. The number of ether oxygens (including phenoxy) is 2. The number of nitriles is 1. The van der Waals surface area contributed by atoms with Crippen molar-refractivity contribution < 1.29 is 9.47 Å². The van der Waals surface area contributed by atoms with Gasteiger partial charge in [-0.05, 0) is 38.3 Å². The van der Waals surface area contributed by atoms with E-state index < -0.39 is 0 Å². The van der Waals surface area contributed by atoms with E-state index in [1.807, 2.05) is 0 Å². The Kier molecular flexibility index (Phi) is 6.33. The summed E-state index contributed by atoms with van der Waals surface area (Å²) < 4.78 is 11.6. The largest absolute Gasteiger partial charge is 0.378 e. The van der Waals surface area contributed by atoms with Gasteiger partial charge in [0.2, 0.25) is 0 Å². The van der Waals surface area contributed by atoms with Crippen molar-refractivity contribution in [2.75, 3.05) is 37.0 Å². The lowest BCUT2D eigenvalue weighted by molar-refractivity contribution is -0.0402. The molecular weight excluding hydrogens is 394 g/mol. The number of thioether (sulfide) groups is 1. The third-order valence-electron chi connectivity index (χ3n) is 5.70. The van der Waals surface area contributed by atoms with Crippen LogP contribution in [0.25, 0.3) is 0 Å². The Morgan fingerprint density at radius 1 is 1.23 bits per heavy atom. The highest BCUT2D eigenvalue weighted by Crippen LogP contribution is 2.38. The van der Waals surface area contributed by atoms with E-state index in [1.54, 1.807) is 11.8 Å². The third kappa shape index (κ3) is 4.64. The van der Waals surface area contributed by atoms with Gasteiger partial charge < -0.3 is 14.4 Å². The smallest absolute Gasteiger partial charge is 0.135 e. The minimum Gasteiger partial charge on any atom is -0.378 e. The van der Waals surface area contributed by atoms with Gasteiger partial charge in [0.25, 0.3) is 0 Å². The molecule has 158 valence electrons. The van der Waals surface area contributed by atoms with Gasteiger partial charge in [-0.15, -0.1) is 11.8 Å². The molecule has 6 heteroatoms. The van der Waals surface area contributed by atoms with E-state index in [0.29, 0.717) is 19.8 Å². The van der Waals surface area contributed by atoms with E-state index in [0.717, 1.165) is 59.2 Å². The second kappa shape index (κ2) is 8.97. The summed E-state index contributed by atoms with van der Waals surface area (Å²) in [5, 5.41) is 10.9. The summed E-state index contributed by atoms with van der Waals surface area (Å²) in [6.07, 6.45) is 1.69. The van der Waals surface area contributed by atoms with Crippen LogP contribution in [0.4, 0.5) is 5.82 Å². The zero-order valence-electron chi connectivity index (χ0n) is 18.0. The van der Waals surface area contributed by atoms with Crippen molar-refractivity contribution in [3.05, 3.63) is 52.1 Å². The molecule has 2 aromatic rings. The number of aryl methyl sites for hydroxylation is 2. The Hall–Kier alpha value is -2.07. The quantitative estimate of drug-likeness (QED) is 0.669. The zero-order chi connectivity index (χ0) is 21.1. The topological polar surface area (TPSA) is 58.4 Å². The Morgan fingerprint density at radius 3 is 2.77 bits per heavy atom. The van der Waals surface area contributed by atoms with Crippen LogP contribution in [0, 0.1) is 18.3 Å². The normalized spacial score (nSPS) is 18.0. The van der Waals surface area contributed by atoms with Crippen LogP contribution in [-0.2, 0) is 28.9 Å². The summed E-state index contributed by atoms with van der Waals surface area (Å²) in [6, 6.07) is 11.1. The average Bonchev–Trinajstić information content (AvgIpc) is 2.73. The number of pyridine rings is 1. The molecule has 1 aromatic carbocycles. The summed E-state index contributed by atoms with van der Waals surface area (Å²) in [7, 11) is 0. The summed E-state index contributed by atoms with van der Waals surface area (Å²) in [6.45, 7) is 9.87. The lowest BCUT2D eigenvalue weighted by Gasteiger charge is -2.36. The van der Waals surface area contributed by atoms with Gasteiger partial charge >= 0.3 is 0 Å². The maximum atomic E-state index is 10.0. The maximum absolute atomic E-state index is 10.0. The Balaban J connectivity index is 1.65. The number of fused-ring (bicyclic) bond motifs is 1. The third-order valence-corrected chi connectivity index (χ3v) is 6.68. The molecular formula is C24H29N3O2S. The fraction of sp³-hybridized carbons (Fsp3) is 0.500. The van der Waals surface area contributed by atoms with Crippen molar-refractivity contribution in [3.63, 3.8) is 0 Å². The first kappa shape index (κ1) is 21.2. The van der Waals surface area contributed by atoms with Crippen LogP contribution >= 0.6 is 11.8 Å². The van der Waals surface area contributed by atoms with Gasteiger partial charge in [-0.2, -0.15) is 5.26 Å². The summed E-state index contributed by atoms with van der Waals surface area (Å²) in [5.41, 5.74) is 5.25. The minimum absolute atomic E-state index is 0.272.